The number of rotatable bonds is 4. The van der Waals surface area contributed by atoms with Gasteiger partial charge in [-0.25, -0.2) is 0 Å². The zero-order valence-corrected chi connectivity index (χ0v) is 14.6. The molecule has 1 aliphatic rings. The molecule has 0 amide bonds. The molecule has 0 heterocycles. The van der Waals surface area contributed by atoms with E-state index >= 15 is 0 Å². The Bertz CT molecular complexity index is 148. The molecule has 1 atom stereocenters. The molecule has 3 nitrogen and oxygen atoms in total. The summed E-state index contributed by atoms with van der Waals surface area (Å²) in [7, 11) is 7.15. The van der Waals surface area contributed by atoms with Crippen LogP contribution in [0.2, 0.25) is 0 Å². The first-order valence-electron chi connectivity index (χ1n) is 6.46. The minimum atomic E-state index is 0. The van der Waals surface area contributed by atoms with Crippen LogP contribution >= 0.6 is 0 Å². The molecule has 0 saturated heterocycles. The fourth-order valence-electron chi connectivity index (χ4n) is 1.91. The maximum Gasteiger partial charge on any atom is -0.358 e. The van der Waals surface area contributed by atoms with Crippen molar-refractivity contribution in [2.45, 2.75) is 51.5 Å². The van der Waals surface area contributed by atoms with Crippen molar-refractivity contribution in [3.8, 4) is 0 Å². The van der Waals surface area contributed by atoms with E-state index in [0.717, 1.165) is 5.92 Å². The SMILES string of the molecule is C[N-]C.C[N-]C(C)CCC1CCCC1.C[N]=[V].[CH3-]. The predicted molar refractivity (Wildman–Crippen MR) is 79.9 cm³/mol. The molecule has 0 aromatic heterocycles. The van der Waals surface area contributed by atoms with Crippen molar-refractivity contribution < 1.29 is 17.2 Å². The van der Waals surface area contributed by atoms with E-state index in [1.165, 1.54) is 38.5 Å². The smallest absolute Gasteiger partial charge is 0.358 e. The average Bonchev–Trinajstić information content (AvgIpc) is 2.81. The molecule has 1 rings (SSSR count). The van der Waals surface area contributed by atoms with Crippen molar-refractivity contribution >= 4 is 0 Å². The number of nitrogens with zero attached hydrogens (tertiary/aromatic N) is 3. The minimum Gasteiger partial charge on any atom is -0.358 e. The van der Waals surface area contributed by atoms with E-state index in [1.54, 1.807) is 21.1 Å². The molecule has 0 aliphatic heterocycles. The molecule has 0 aromatic rings. The fraction of sp³-hybridized carbons (Fsp3) is 0.929. The predicted octanol–water partition coefficient (Wildman–Crippen LogP) is 4.77. The number of hydrogen-bond acceptors (Lipinski definition) is 1. The van der Waals surface area contributed by atoms with Gasteiger partial charge in [-0.3, -0.25) is 0 Å². The van der Waals surface area contributed by atoms with E-state index in [-0.39, 0.29) is 7.43 Å². The third-order valence-electron chi connectivity index (χ3n) is 2.91. The van der Waals surface area contributed by atoms with Crippen LogP contribution in [0.1, 0.15) is 45.4 Å². The Hall–Kier alpha value is 0.304. The summed E-state index contributed by atoms with van der Waals surface area (Å²) in [6.45, 7) is 2.22. The fourth-order valence-corrected chi connectivity index (χ4v) is 1.91. The monoisotopic (exact) mass is 293 g/mol. The van der Waals surface area contributed by atoms with Crippen molar-refractivity contribution in [3.63, 3.8) is 0 Å². The second kappa shape index (κ2) is 19.6. The van der Waals surface area contributed by atoms with E-state index in [4.69, 9.17) is 0 Å². The first kappa shape index (κ1) is 23.4. The normalized spacial score (nSPS) is 15.3. The number of hydrogen-bond donors (Lipinski definition) is 0. The average molecular weight is 293 g/mol. The van der Waals surface area contributed by atoms with Crippen molar-refractivity contribution in [3.05, 3.63) is 18.1 Å². The van der Waals surface area contributed by atoms with Crippen molar-refractivity contribution in [1.82, 2.24) is 0 Å². The summed E-state index contributed by atoms with van der Waals surface area (Å²) in [6, 6.07) is 0.593. The third kappa shape index (κ3) is 18.7. The molecule has 1 aliphatic carbocycles. The summed E-state index contributed by atoms with van der Waals surface area (Å²) >= 11 is 2.09. The van der Waals surface area contributed by atoms with Gasteiger partial charge in [0, 0.05) is 0 Å². The van der Waals surface area contributed by atoms with Gasteiger partial charge in [0.1, 0.15) is 0 Å². The van der Waals surface area contributed by atoms with Gasteiger partial charge in [-0.1, -0.05) is 45.4 Å². The van der Waals surface area contributed by atoms with Gasteiger partial charge in [-0.2, -0.15) is 21.1 Å². The zero-order chi connectivity index (χ0) is 13.5. The van der Waals surface area contributed by atoms with Crippen LogP contribution < -0.4 is 0 Å². The third-order valence-corrected chi connectivity index (χ3v) is 2.91. The Labute approximate surface area is 125 Å². The summed E-state index contributed by atoms with van der Waals surface area (Å²) < 4.78 is 3.44. The van der Waals surface area contributed by atoms with Gasteiger partial charge in [0.15, 0.2) is 0 Å². The van der Waals surface area contributed by atoms with Crippen LogP contribution in [0.3, 0.4) is 0 Å². The summed E-state index contributed by atoms with van der Waals surface area (Å²) in [6.07, 6.45) is 8.64. The minimum absolute atomic E-state index is 0. The topological polar surface area (TPSA) is 40.6 Å². The Kier molecular flexibility index (Phi) is 25.5. The van der Waals surface area contributed by atoms with Gasteiger partial charge in [0.25, 0.3) is 0 Å². The van der Waals surface area contributed by atoms with E-state index in [2.05, 4.69) is 38.6 Å². The van der Waals surface area contributed by atoms with Crippen molar-refractivity contribution in [2.75, 3.05) is 28.2 Å². The molecule has 0 spiro atoms. The van der Waals surface area contributed by atoms with Crippen LogP contribution in [0.15, 0.2) is 3.79 Å². The van der Waals surface area contributed by atoms with Crippen LogP contribution in [0.4, 0.5) is 0 Å². The molecule has 4 heteroatoms. The molecule has 1 fully saturated rings. The molecular weight excluding hydrogens is 261 g/mol. The zero-order valence-electron chi connectivity index (χ0n) is 13.2. The first-order valence-corrected chi connectivity index (χ1v) is 7.08. The first-order chi connectivity index (χ1) is 8.15. The molecule has 0 aromatic carbocycles. The Morgan fingerprint density at radius 1 is 1.22 bits per heavy atom. The summed E-state index contributed by atoms with van der Waals surface area (Å²) in [5.74, 6) is 1.04. The van der Waals surface area contributed by atoms with Gasteiger partial charge in [-0.15, -0.1) is 6.04 Å². The van der Waals surface area contributed by atoms with Gasteiger partial charge >= 0.3 is 28.1 Å². The van der Waals surface area contributed by atoms with E-state index < -0.39 is 0 Å². The molecule has 1 unspecified atom stereocenters. The van der Waals surface area contributed by atoms with Crippen molar-refractivity contribution in [2.24, 2.45) is 9.71 Å². The second-order valence-electron chi connectivity index (χ2n) is 4.48. The largest absolute Gasteiger partial charge is 0.358 e. The maximum atomic E-state index is 4.25. The summed E-state index contributed by atoms with van der Waals surface area (Å²) in [5, 5.41) is 7.75. The Balaban J connectivity index is -0.000000276. The van der Waals surface area contributed by atoms with E-state index in [0.29, 0.717) is 6.04 Å². The van der Waals surface area contributed by atoms with Gasteiger partial charge in [0.2, 0.25) is 0 Å². The van der Waals surface area contributed by atoms with Gasteiger partial charge in [0.05, 0.1) is 0 Å². The molecule has 1 saturated carbocycles. The van der Waals surface area contributed by atoms with Crippen molar-refractivity contribution in [1.29, 1.82) is 0 Å². The van der Waals surface area contributed by atoms with Crippen LogP contribution in [0.25, 0.3) is 10.6 Å². The molecule has 0 radical (unpaired) electrons. The quantitative estimate of drug-likeness (QED) is 0.670. The second-order valence-corrected chi connectivity index (χ2v) is 5.11. The molecule has 18 heavy (non-hydrogen) atoms. The summed E-state index contributed by atoms with van der Waals surface area (Å²) in [5.41, 5.74) is 0. The van der Waals surface area contributed by atoms with Crippen LogP contribution in [-0.2, 0) is 17.2 Å². The molecule has 111 valence electrons. The van der Waals surface area contributed by atoms with Crippen LogP contribution in [0, 0.1) is 13.3 Å². The Morgan fingerprint density at radius 2 is 1.61 bits per heavy atom. The molecular formula is C14H32N3V-3. The standard InChI is InChI=1S/C10H20N.C2H6N.CH3N.CH3.V/c1-9(11-2)7-8-10-5-3-4-6-10;1-3-2;1-2;;/h9-10H,3-8H2,1-2H3;1-2H3;1H3;1H3;/q2*-1;;-1;. The van der Waals surface area contributed by atoms with Crippen LogP contribution in [-0.4, -0.2) is 34.2 Å². The van der Waals surface area contributed by atoms with Gasteiger partial charge in [-0.05, 0) is 5.92 Å². The van der Waals surface area contributed by atoms with Gasteiger partial charge < -0.3 is 18.1 Å². The molecule has 0 bridgehead atoms. The summed E-state index contributed by atoms with van der Waals surface area (Å²) in [4.78, 5) is 0. The van der Waals surface area contributed by atoms with E-state index in [9.17, 15) is 0 Å². The molecule has 0 N–H and O–H groups in total. The Morgan fingerprint density at radius 3 is 1.94 bits per heavy atom. The van der Waals surface area contributed by atoms with E-state index in [1.807, 2.05) is 7.05 Å². The van der Waals surface area contributed by atoms with Crippen LogP contribution in [0.5, 0.6) is 0 Å². The maximum absolute atomic E-state index is 4.25.